The first-order valence-electron chi connectivity index (χ1n) is 6.09. The van der Waals surface area contributed by atoms with Crippen molar-refractivity contribution < 1.29 is 4.79 Å². The summed E-state index contributed by atoms with van der Waals surface area (Å²) in [5.74, 6) is -0.143. The van der Waals surface area contributed by atoms with E-state index in [1.807, 2.05) is 31.3 Å². The molecule has 3 rings (SSSR count). The number of H-pyrrole nitrogens is 1. The van der Waals surface area contributed by atoms with E-state index in [1.54, 1.807) is 4.90 Å². The summed E-state index contributed by atoms with van der Waals surface area (Å²) in [5, 5.41) is 6.47. The summed E-state index contributed by atoms with van der Waals surface area (Å²) in [6, 6.07) is 7.84. The Bertz CT molecular complexity index is 621. The topological polar surface area (TPSA) is 78.2 Å². The van der Waals surface area contributed by atoms with Gasteiger partial charge in [-0.05, 0) is 12.1 Å². The molecule has 6 heteroatoms. The molecule has 0 radical (unpaired) electrons. The number of anilines is 3. The van der Waals surface area contributed by atoms with Crippen LogP contribution in [0.3, 0.4) is 0 Å². The van der Waals surface area contributed by atoms with Crippen molar-refractivity contribution in [2.45, 2.75) is 0 Å². The second kappa shape index (κ2) is 4.31. The van der Waals surface area contributed by atoms with Gasteiger partial charge in [-0.3, -0.25) is 9.89 Å². The van der Waals surface area contributed by atoms with E-state index in [4.69, 9.17) is 5.73 Å². The summed E-state index contributed by atoms with van der Waals surface area (Å²) >= 11 is 0. The molecular formula is C13H15N5O. The summed E-state index contributed by atoms with van der Waals surface area (Å²) in [7, 11) is 2.02. The fraction of sp³-hybridized carbons (Fsp3) is 0.231. The fourth-order valence-electron chi connectivity index (χ4n) is 2.32. The monoisotopic (exact) mass is 257 g/mol. The van der Waals surface area contributed by atoms with Crippen molar-refractivity contribution in [2.24, 2.45) is 0 Å². The van der Waals surface area contributed by atoms with Crippen LogP contribution in [0.2, 0.25) is 0 Å². The maximum absolute atomic E-state index is 12.5. The first kappa shape index (κ1) is 11.6. The molecule has 1 aromatic heterocycles. The van der Waals surface area contributed by atoms with E-state index in [2.05, 4.69) is 15.1 Å². The molecule has 19 heavy (non-hydrogen) atoms. The molecule has 0 saturated heterocycles. The number of hydrogen-bond donors (Lipinski definition) is 2. The average Bonchev–Trinajstić information content (AvgIpc) is 2.85. The summed E-state index contributed by atoms with van der Waals surface area (Å²) in [5.41, 5.74) is 8.41. The highest BCUT2D eigenvalue weighted by atomic mass is 16.2. The lowest BCUT2D eigenvalue weighted by Gasteiger charge is -2.35. The Morgan fingerprint density at radius 2 is 2.05 bits per heavy atom. The number of aromatic nitrogens is 2. The van der Waals surface area contributed by atoms with E-state index in [1.165, 1.54) is 6.20 Å². The number of amides is 1. The van der Waals surface area contributed by atoms with Crippen LogP contribution >= 0.6 is 0 Å². The largest absolute Gasteiger partial charge is 0.396 e. The van der Waals surface area contributed by atoms with E-state index in [9.17, 15) is 4.79 Å². The smallest absolute Gasteiger partial charge is 0.278 e. The van der Waals surface area contributed by atoms with Crippen LogP contribution in [0.1, 0.15) is 10.5 Å². The summed E-state index contributed by atoms with van der Waals surface area (Å²) in [6.45, 7) is 1.42. The Kier molecular flexibility index (Phi) is 2.63. The van der Waals surface area contributed by atoms with Crippen molar-refractivity contribution in [2.75, 3.05) is 35.7 Å². The van der Waals surface area contributed by atoms with Crippen LogP contribution < -0.4 is 15.5 Å². The first-order valence-corrected chi connectivity index (χ1v) is 6.09. The third-order valence-electron chi connectivity index (χ3n) is 3.37. The van der Waals surface area contributed by atoms with Crippen LogP contribution in [-0.4, -0.2) is 36.2 Å². The SMILES string of the molecule is CN1CCN(C(=O)c2[nH]ncc2N)c2ccccc21. The number of fused-ring (bicyclic) bond motifs is 1. The molecule has 0 unspecified atom stereocenters. The highest BCUT2D eigenvalue weighted by Gasteiger charge is 2.27. The van der Waals surface area contributed by atoms with Gasteiger partial charge in [-0.15, -0.1) is 0 Å². The molecular weight excluding hydrogens is 242 g/mol. The Morgan fingerprint density at radius 1 is 1.32 bits per heavy atom. The molecule has 1 aromatic carbocycles. The van der Waals surface area contributed by atoms with Gasteiger partial charge in [0.1, 0.15) is 5.69 Å². The number of hydrogen-bond acceptors (Lipinski definition) is 4. The molecule has 98 valence electrons. The number of para-hydroxylation sites is 2. The van der Waals surface area contributed by atoms with E-state index in [-0.39, 0.29) is 5.91 Å². The lowest BCUT2D eigenvalue weighted by Crippen LogP contribution is -2.43. The predicted molar refractivity (Wildman–Crippen MR) is 74.4 cm³/mol. The average molecular weight is 257 g/mol. The molecule has 2 aromatic rings. The zero-order valence-electron chi connectivity index (χ0n) is 10.6. The number of benzene rings is 1. The number of carbonyl (C=O) groups is 1. The van der Waals surface area contributed by atoms with Gasteiger partial charge in [0.15, 0.2) is 0 Å². The Labute approximate surface area is 110 Å². The minimum absolute atomic E-state index is 0.143. The van der Waals surface area contributed by atoms with Gasteiger partial charge in [0, 0.05) is 20.1 Å². The number of aromatic amines is 1. The quantitative estimate of drug-likeness (QED) is 0.801. The summed E-state index contributed by atoms with van der Waals surface area (Å²) in [4.78, 5) is 16.4. The Hall–Kier alpha value is -2.50. The molecule has 1 aliphatic heterocycles. The lowest BCUT2D eigenvalue weighted by atomic mass is 10.1. The number of nitrogens with one attached hydrogen (secondary N) is 1. The van der Waals surface area contributed by atoms with Gasteiger partial charge in [0.25, 0.3) is 5.91 Å². The predicted octanol–water partition coefficient (Wildman–Crippen LogP) is 1.09. The molecule has 1 aliphatic rings. The summed E-state index contributed by atoms with van der Waals surface area (Å²) < 4.78 is 0. The number of nitrogens with zero attached hydrogens (tertiary/aromatic N) is 3. The standard InChI is InChI=1S/C13H15N5O/c1-17-6-7-18(11-5-3-2-4-10(11)17)13(19)12-9(14)8-15-16-12/h2-5,8H,6-7,14H2,1H3,(H,15,16). The highest BCUT2D eigenvalue weighted by molar-refractivity contribution is 6.09. The van der Waals surface area contributed by atoms with Crippen LogP contribution in [0.25, 0.3) is 0 Å². The number of rotatable bonds is 1. The molecule has 0 fully saturated rings. The van der Waals surface area contributed by atoms with E-state index in [0.717, 1.165) is 17.9 Å². The molecule has 3 N–H and O–H groups in total. The molecule has 2 heterocycles. The fourth-order valence-corrected chi connectivity index (χ4v) is 2.32. The molecule has 0 spiro atoms. The highest BCUT2D eigenvalue weighted by Crippen LogP contribution is 2.32. The van der Waals surface area contributed by atoms with E-state index >= 15 is 0 Å². The Balaban J connectivity index is 2.01. The van der Waals surface area contributed by atoms with Crippen molar-refractivity contribution in [3.05, 3.63) is 36.2 Å². The van der Waals surface area contributed by atoms with Crippen molar-refractivity contribution in [3.63, 3.8) is 0 Å². The Morgan fingerprint density at radius 3 is 2.74 bits per heavy atom. The van der Waals surface area contributed by atoms with Crippen LogP contribution in [-0.2, 0) is 0 Å². The number of nitrogen functional groups attached to an aromatic ring is 1. The van der Waals surface area contributed by atoms with Crippen LogP contribution in [0.5, 0.6) is 0 Å². The van der Waals surface area contributed by atoms with Crippen molar-refractivity contribution in [1.82, 2.24) is 10.2 Å². The number of nitrogens with two attached hydrogens (primary N) is 1. The van der Waals surface area contributed by atoms with Gasteiger partial charge >= 0.3 is 0 Å². The molecule has 0 aliphatic carbocycles. The maximum Gasteiger partial charge on any atom is 0.278 e. The summed E-state index contributed by atoms with van der Waals surface area (Å²) in [6.07, 6.45) is 1.45. The second-order valence-electron chi connectivity index (χ2n) is 4.57. The molecule has 0 saturated carbocycles. The van der Waals surface area contributed by atoms with E-state index in [0.29, 0.717) is 17.9 Å². The van der Waals surface area contributed by atoms with Crippen molar-refractivity contribution in [1.29, 1.82) is 0 Å². The third kappa shape index (κ3) is 1.81. The van der Waals surface area contributed by atoms with Gasteiger partial charge in [0.2, 0.25) is 0 Å². The van der Waals surface area contributed by atoms with Gasteiger partial charge < -0.3 is 15.5 Å². The van der Waals surface area contributed by atoms with Gasteiger partial charge in [0.05, 0.1) is 23.3 Å². The zero-order chi connectivity index (χ0) is 13.4. The molecule has 6 nitrogen and oxygen atoms in total. The lowest BCUT2D eigenvalue weighted by molar-refractivity contribution is 0.0983. The number of likely N-dealkylation sites (N-methyl/N-ethyl adjacent to an activating group) is 1. The molecule has 0 atom stereocenters. The van der Waals surface area contributed by atoms with Gasteiger partial charge in [-0.25, -0.2) is 0 Å². The number of carbonyl (C=O) groups excluding carboxylic acids is 1. The minimum atomic E-state index is -0.143. The van der Waals surface area contributed by atoms with Crippen LogP contribution in [0, 0.1) is 0 Å². The maximum atomic E-state index is 12.5. The van der Waals surface area contributed by atoms with Crippen LogP contribution in [0.4, 0.5) is 17.1 Å². The normalized spacial score (nSPS) is 14.4. The van der Waals surface area contributed by atoms with Crippen LogP contribution in [0.15, 0.2) is 30.5 Å². The van der Waals surface area contributed by atoms with Gasteiger partial charge in [-0.2, -0.15) is 5.10 Å². The van der Waals surface area contributed by atoms with Gasteiger partial charge in [-0.1, -0.05) is 12.1 Å². The first-order chi connectivity index (χ1) is 9.18. The molecule has 1 amide bonds. The minimum Gasteiger partial charge on any atom is -0.396 e. The molecule has 0 bridgehead atoms. The second-order valence-corrected chi connectivity index (χ2v) is 4.57. The third-order valence-corrected chi connectivity index (χ3v) is 3.37. The van der Waals surface area contributed by atoms with Crippen molar-refractivity contribution >= 4 is 23.0 Å². The zero-order valence-corrected chi connectivity index (χ0v) is 10.6. The van der Waals surface area contributed by atoms with E-state index < -0.39 is 0 Å². The van der Waals surface area contributed by atoms with Crippen molar-refractivity contribution in [3.8, 4) is 0 Å².